The molecule has 2 atom stereocenters. The van der Waals surface area contributed by atoms with Crippen LogP contribution in [0.15, 0.2) is 29.3 Å². The van der Waals surface area contributed by atoms with E-state index in [1.54, 1.807) is 12.1 Å². The smallest absolute Gasteiger partial charge is 0.251 e. The van der Waals surface area contributed by atoms with Crippen molar-refractivity contribution < 1.29 is 14.6 Å². The molecule has 2 unspecified atom stereocenters. The SMILES string of the molecule is CCNC(=NCC1CCCOC1C(C)(C)C)NCCNC(=O)c1ccc(O)cc1.I. The number of rotatable bonds is 7. The first-order valence-electron chi connectivity index (χ1n) is 10.5. The van der Waals surface area contributed by atoms with Gasteiger partial charge in [0, 0.05) is 44.3 Å². The largest absolute Gasteiger partial charge is 0.508 e. The lowest BCUT2D eigenvalue weighted by Gasteiger charge is -2.39. The molecule has 0 aliphatic carbocycles. The van der Waals surface area contributed by atoms with Gasteiger partial charge in [-0.15, -0.1) is 24.0 Å². The molecule has 1 aromatic carbocycles. The van der Waals surface area contributed by atoms with Crippen molar-refractivity contribution in [3.63, 3.8) is 0 Å². The molecule has 8 heteroatoms. The number of nitrogens with one attached hydrogen (secondary N) is 3. The van der Waals surface area contributed by atoms with Crippen molar-refractivity contribution in [2.24, 2.45) is 16.3 Å². The van der Waals surface area contributed by atoms with Crippen LogP contribution in [0, 0.1) is 11.3 Å². The molecule has 0 aromatic heterocycles. The quantitative estimate of drug-likeness (QED) is 0.187. The molecule has 2 rings (SSSR count). The normalized spacial score (nSPS) is 19.5. The lowest BCUT2D eigenvalue weighted by molar-refractivity contribution is -0.0823. The minimum atomic E-state index is -0.166. The minimum absolute atomic E-state index is 0. The summed E-state index contributed by atoms with van der Waals surface area (Å²) in [6, 6.07) is 6.20. The van der Waals surface area contributed by atoms with Gasteiger partial charge in [-0.05, 0) is 49.4 Å². The summed E-state index contributed by atoms with van der Waals surface area (Å²) in [5.74, 6) is 1.14. The molecule has 0 spiro atoms. The topological polar surface area (TPSA) is 95.0 Å². The number of amides is 1. The van der Waals surface area contributed by atoms with Crippen LogP contribution in [-0.4, -0.2) is 55.9 Å². The van der Waals surface area contributed by atoms with Gasteiger partial charge in [-0.2, -0.15) is 0 Å². The van der Waals surface area contributed by atoms with Crippen molar-refractivity contribution in [2.45, 2.75) is 46.6 Å². The Labute approximate surface area is 197 Å². The van der Waals surface area contributed by atoms with E-state index in [1.165, 1.54) is 12.1 Å². The molecule has 30 heavy (non-hydrogen) atoms. The summed E-state index contributed by atoms with van der Waals surface area (Å²) >= 11 is 0. The van der Waals surface area contributed by atoms with Gasteiger partial charge in [0.1, 0.15) is 5.75 Å². The van der Waals surface area contributed by atoms with Crippen LogP contribution in [-0.2, 0) is 4.74 Å². The molecule has 1 aromatic rings. The first-order valence-corrected chi connectivity index (χ1v) is 10.5. The van der Waals surface area contributed by atoms with Crippen LogP contribution >= 0.6 is 24.0 Å². The molecule has 4 N–H and O–H groups in total. The van der Waals surface area contributed by atoms with E-state index in [-0.39, 0.29) is 47.2 Å². The molecule has 170 valence electrons. The monoisotopic (exact) mass is 532 g/mol. The number of carbonyl (C=O) groups is 1. The highest BCUT2D eigenvalue weighted by Crippen LogP contribution is 2.34. The number of phenols is 1. The van der Waals surface area contributed by atoms with Gasteiger partial charge in [0.05, 0.1) is 6.10 Å². The van der Waals surface area contributed by atoms with E-state index >= 15 is 0 Å². The molecule has 1 amide bonds. The average Bonchev–Trinajstić information content (AvgIpc) is 2.69. The molecule has 1 heterocycles. The Hall–Kier alpha value is -1.55. The standard InChI is InChI=1S/C22H36N4O3.HI/c1-5-23-21(26-15-17-7-6-14-29-19(17)22(2,3)4)25-13-12-24-20(28)16-8-10-18(27)11-9-16;/h8-11,17,19,27H,5-7,12-15H2,1-4H3,(H,24,28)(H2,23,25,26);1H. The third kappa shape index (κ3) is 8.67. The average molecular weight is 532 g/mol. The van der Waals surface area contributed by atoms with Crippen LogP contribution in [0.1, 0.15) is 50.9 Å². The van der Waals surface area contributed by atoms with E-state index in [0.29, 0.717) is 24.6 Å². The fourth-order valence-corrected chi connectivity index (χ4v) is 3.61. The number of ether oxygens (including phenoxy) is 1. The molecule has 1 aliphatic rings. The number of carbonyl (C=O) groups excluding carboxylic acids is 1. The summed E-state index contributed by atoms with van der Waals surface area (Å²) in [6.45, 7) is 12.1. The van der Waals surface area contributed by atoms with E-state index < -0.39 is 0 Å². The van der Waals surface area contributed by atoms with Crippen LogP contribution in [0.5, 0.6) is 5.75 Å². The van der Waals surface area contributed by atoms with Gasteiger partial charge in [-0.3, -0.25) is 9.79 Å². The second-order valence-electron chi connectivity index (χ2n) is 8.51. The van der Waals surface area contributed by atoms with Crippen LogP contribution in [0.2, 0.25) is 0 Å². The summed E-state index contributed by atoms with van der Waals surface area (Å²) in [4.78, 5) is 16.9. The van der Waals surface area contributed by atoms with E-state index in [4.69, 9.17) is 9.73 Å². The highest BCUT2D eigenvalue weighted by Gasteiger charge is 2.35. The number of hydrogen-bond donors (Lipinski definition) is 4. The van der Waals surface area contributed by atoms with Gasteiger partial charge in [0.15, 0.2) is 5.96 Å². The van der Waals surface area contributed by atoms with E-state index in [0.717, 1.165) is 38.5 Å². The summed E-state index contributed by atoms with van der Waals surface area (Å²) in [5.41, 5.74) is 0.624. The Balaban J connectivity index is 0.00000450. The lowest BCUT2D eigenvalue weighted by atomic mass is 9.78. The van der Waals surface area contributed by atoms with Crippen molar-refractivity contribution in [3.8, 4) is 5.75 Å². The van der Waals surface area contributed by atoms with Gasteiger partial charge < -0.3 is 25.8 Å². The highest BCUT2D eigenvalue weighted by molar-refractivity contribution is 14.0. The van der Waals surface area contributed by atoms with Gasteiger partial charge in [0.25, 0.3) is 5.91 Å². The number of aromatic hydroxyl groups is 1. The van der Waals surface area contributed by atoms with E-state index in [1.807, 2.05) is 6.92 Å². The van der Waals surface area contributed by atoms with Gasteiger partial charge >= 0.3 is 0 Å². The maximum absolute atomic E-state index is 12.1. The predicted molar refractivity (Wildman–Crippen MR) is 132 cm³/mol. The molecular formula is C22H37IN4O3. The second-order valence-corrected chi connectivity index (χ2v) is 8.51. The van der Waals surface area contributed by atoms with Gasteiger partial charge in [-0.1, -0.05) is 20.8 Å². The summed E-state index contributed by atoms with van der Waals surface area (Å²) in [5, 5.41) is 18.7. The third-order valence-electron chi connectivity index (χ3n) is 4.96. The molecule has 1 fully saturated rings. The number of phenolic OH excluding ortho intramolecular Hbond substituents is 1. The molecule has 0 bridgehead atoms. The Morgan fingerprint density at radius 3 is 2.47 bits per heavy atom. The van der Waals surface area contributed by atoms with Crippen LogP contribution in [0.3, 0.4) is 0 Å². The number of aliphatic imine (C=N–C) groups is 1. The molecule has 7 nitrogen and oxygen atoms in total. The van der Waals surface area contributed by atoms with Crippen molar-refractivity contribution >= 4 is 35.8 Å². The van der Waals surface area contributed by atoms with Gasteiger partial charge in [-0.25, -0.2) is 0 Å². The summed E-state index contributed by atoms with van der Waals surface area (Å²) in [7, 11) is 0. The number of nitrogens with zero attached hydrogens (tertiary/aromatic N) is 1. The second kappa shape index (κ2) is 13.0. The predicted octanol–water partition coefficient (Wildman–Crippen LogP) is 3.14. The Bertz CT molecular complexity index is 674. The Morgan fingerprint density at radius 1 is 1.17 bits per heavy atom. The van der Waals surface area contributed by atoms with Crippen molar-refractivity contribution in [2.75, 3.05) is 32.8 Å². The first kappa shape index (κ1) is 26.5. The molecule has 1 saturated heterocycles. The van der Waals surface area contributed by atoms with Crippen LogP contribution in [0.4, 0.5) is 0 Å². The first-order chi connectivity index (χ1) is 13.8. The maximum atomic E-state index is 12.1. The zero-order valence-corrected chi connectivity index (χ0v) is 20.9. The zero-order valence-electron chi connectivity index (χ0n) is 18.5. The highest BCUT2D eigenvalue weighted by atomic mass is 127. The molecule has 0 radical (unpaired) electrons. The van der Waals surface area contributed by atoms with Crippen LogP contribution < -0.4 is 16.0 Å². The van der Waals surface area contributed by atoms with Gasteiger partial charge in [0.2, 0.25) is 0 Å². The lowest BCUT2D eigenvalue weighted by Crippen LogP contribution is -2.44. The number of hydrogen-bond acceptors (Lipinski definition) is 4. The summed E-state index contributed by atoms with van der Waals surface area (Å²) in [6.07, 6.45) is 2.43. The maximum Gasteiger partial charge on any atom is 0.251 e. The molecule has 0 saturated carbocycles. The molecular weight excluding hydrogens is 495 g/mol. The fourth-order valence-electron chi connectivity index (χ4n) is 3.61. The Morgan fingerprint density at radius 2 is 1.83 bits per heavy atom. The van der Waals surface area contributed by atoms with Crippen molar-refractivity contribution in [1.82, 2.24) is 16.0 Å². The summed E-state index contributed by atoms with van der Waals surface area (Å²) < 4.78 is 6.05. The number of guanidine groups is 1. The third-order valence-corrected chi connectivity index (χ3v) is 4.96. The van der Waals surface area contributed by atoms with Crippen LogP contribution in [0.25, 0.3) is 0 Å². The van der Waals surface area contributed by atoms with E-state index in [2.05, 4.69) is 36.7 Å². The Kier molecular flexibility index (Phi) is 11.5. The van der Waals surface area contributed by atoms with Crippen molar-refractivity contribution in [3.05, 3.63) is 29.8 Å². The fraction of sp³-hybridized carbons (Fsp3) is 0.636. The van der Waals surface area contributed by atoms with Crippen molar-refractivity contribution in [1.29, 1.82) is 0 Å². The molecule has 1 aliphatic heterocycles. The number of benzene rings is 1. The van der Waals surface area contributed by atoms with E-state index in [9.17, 15) is 9.90 Å². The zero-order chi connectivity index (χ0) is 21.3. The minimum Gasteiger partial charge on any atom is -0.508 e. The number of halogens is 1.